The van der Waals surface area contributed by atoms with Crippen molar-refractivity contribution in [2.24, 2.45) is 0 Å². The molecule has 4 aromatic rings. The van der Waals surface area contributed by atoms with Crippen LogP contribution in [-0.2, 0) is 6.54 Å². The molecule has 0 aliphatic carbocycles. The molecule has 1 saturated heterocycles. The van der Waals surface area contributed by atoms with Gasteiger partial charge in [-0.3, -0.25) is 9.97 Å². The number of thiocarbonyl (C=S) groups is 1. The molecule has 2 atom stereocenters. The fourth-order valence-electron chi connectivity index (χ4n) is 4.72. The van der Waals surface area contributed by atoms with Gasteiger partial charge in [0.15, 0.2) is 5.11 Å². The van der Waals surface area contributed by atoms with Gasteiger partial charge in [-0.2, -0.15) is 0 Å². The Morgan fingerprint density at radius 1 is 1.03 bits per heavy atom. The fraction of sp³-hybridized carbons (Fsp3) is 0.192. The molecule has 1 aliphatic heterocycles. The second-order valence-electron chi connectivity index (χ2n) is 8.37. The van der Waals surface area contributed by atoms with Crippen molar-refractivity contribution in [2.75, 3.05) is 0 Å². The summed E-state index contributed by atoms with van der Waals surface area (Å²) >= 11 is 18.6. The highest BCUT2D eigenvalue weighted by atomic mass is 35.5. The molecule has 172 valence electrons. The molecular weight excluding hydrogens is 485 g/mol. The van der Waals surface area contributed by atoms with E-state index in [0.717, 1.165) is 33.9 Å². The van der Waals surface area contributed by atoms with Crippen LogP contribution in [-0.4, -0.2) is 24.5 Å². The molecule has 0 spiro atoms. The zero-order valence-electron chi connectivity index (χ0n) is 18.7. The maximum absolute atomic E-state index is 6.59. The van der Waals surface area contributed by atoms with Crippen molar-refractivity contribution >= 4 is 40.5 Å². The molecule has 5 rings (SSSR count). The first-order valence-electron chi connectivity index (χ1n) is 11.0. The van der Waals surface area contributed by atoms with Crippen LogP contribution in [0.4, 0.5) is 0 Å². The number of aromatic nitrogens is 3. The van der Waals surface area contributed by atoms with E-state index in [-0.39, 0.29) is 12.1 Å². The number of pyridine rings is 2. The highest BCUT2D eigenvalue weighted by molar-refractivity contribution is 7.80. The van der Waals surface area contributed by atoms with Crippen molar-refractivity contribution in [3.05, 3.63) is 111 Å². The first-order valence-corrected chi connectivity index (χ1v) is 12.1. The van der Waals surface area contributed by atoms with E-state index in [2.05, 4.69) is 50.7 Å². The minimum Gasteiger partial charge on any atom is -0.352 e. The van der Waals surface area contributed by atoms with Gasteiger partial charge in [0, 0.05) is 41.5 Å². The average Bonchev–Trinajstić information content (AvgIpc) is 3.30. The van der Waals surface area contributed by atoms with Crippen molar-refractivity contribution < 1.29 is 0 Å². The zero-order valence-corrected chi connectivity index (χ0v) is 21.1. The van der Waals surface area contributed by atoms with Crippen molar-refractivity contribution in [1.82, 2.24) is 24.8 Å². The van der Waals surface area contributed by atoms with Crippen molar-refractivity contribution in [3.8, 4) is 5.69 Å². The predicted octanol–water partition coefficient (Wildman–Crippen LogP) is 6.36. The number of hydrogen-bond acceptors (Lipinski definition) is 3. The van der Waals surface area contributed by atoms with E-state index < -0.39 is 0 Å². The largest absolute Gasteiger partial charge is 0.352 e. The number of nitrogens with zero attached hydrogens (tertiary/aromatic N) is 4. The molecule has 0 amide bonds. The first kappa shape index (κ1) is 22.8. The van der Waals surface area contributed by atoms with Gasteiger partial charge >= 0.3 is 0 Å². The topological polar surface area (TPSA) is 46.0 Å². The summed E-state index contributed by atoms with van der Waals surface area (Å²) in [7, 11) is 0. The number of halogens is 2. The number of hydrogen-bond donors (Lipinski definition) is 1. The molecule has 4 heterocycles. The number of benzene rings is 1. The Balaban J connectivity index is 1.63. The molecule has 0 bridgehead atoms. The summed E-state index contributed by atoms with van der Waals surface area (Å²) < 4.78 is 2.17. The minimum absolute atomic E-state index is 0.0615. The van der Waals surface area contributed by atoms with Gasteiger partial charge < -0.3 is 14.8 Å². The molecule has 34 heavy (non-hydrogen) atoms. The summed E-state index contributed by atoms with van der Waals surface area (Å²) in [6, 6.07) is 17.6. The molecular formula is C26H23Cl2N5S. The summed E-state index contributed by atoms with van der Waals surface area (Å²) in [4.78, 5) is 11.2. The molecule has 3 aromatic heterocycles. The Bertz CT molecular complexity index is 1340. The second kappa shape index (κ2) is 9.37. The smallest absolute Gasteiger partial charge is 0.170 e. The second-order valence-corrected chi connectivity index (χ2v) is 9.60. The van der Waals surface area contributed by atoms with Crippen molar-refractivity contribution in [1.29, 1.82) is 0 Å². The van der Waals surface area contributed by atoms with Crippen LogP contribution in [0, 0.1) is 13.8 Å². The van der Waals surface area contributed by atoms with Crippen LogP contribution in [0.15, 0.2) is 73.2 Å². The van der Waals surface area contributed by atoms with E-state index in [9.17, 15) is 0 Å². The van der Waals surface area contributed by atoms with Crippen LogP contribution in [0.2, 0.25) is 10.0 Å². The van der Waals surface area contributed by atoms with Crippen LogP contribution in [0.25, 0.3) is 5.69 Å². The summed E-state index contributed by atoms with van der Waals surface area (Å²) in [6.45, 7) is 4.84. The molecule has 1 aliphatic rings. The average molecular weight is 508 g/mol. The van der Waals surface area contributed by atoms with Crippen molar-refractivity contribution in [3.63, 3.8) is 0 Å². The Morgan fingerprint density at radius 3 is 2.59 bits per heavy atom. The number of nitrogens with one attached hydrogen (secondary N) is 1. The van der Waals surface area contributed by atoms with E-state index in [0.29, 0.717) is 21.7 Å². The normalized spacial score (nSPS) is 17.8. The summed E-state index contributed by atoms with van der Waals surface area (Å²) in [5.41, 5.74) is 6.26. The molecule has 5 nitrogen and oxygen atoms in total. The Labute approximate surface area is 214 Å². The SMILES string of the molecule is Cc1cc([C@H]2[C@@H](c3ccccn3)NC(=S)N2Cc2cccnc2)c(C)n1-c1ccc(Cl)cc1Cl. The van der Waals surface area contributed by atoms with Crippen LogP contribution in [0.3, 0.4) is 0 Å². The summed E-state index contributed by atoms with van der Waals surface area (Å²) in [6.07, 6.45) is 5.48. The lowest BCUT2D eigenvalue weighted by Crippen LogP contribution is -2.29. The molecule has 0 unspecified atom stereocenters. The number of rotatable bonds is 5. The van der Waals surface area contributed by atoms with Gasteiger partial charge in [0.25, 0.3) is 0 Å². The third-order valence-electron chi connectivity index (χ3n) is 6.21. The molecule has 1 aromatic carbocycles. The first-order chi connectivity index (χ1) is 16.4. The van der Waals surface area contributed by atoms with Crippen LogP contribution >= 0.6 is 35.4 Å². The maximum Gasteiger partial charge on any atom is 0.170 e. The Kier molecular flexibility index (Phi) is 6.30. The van der Waals surface area contributed by atoms with Gasteiger partial charge in [-0.25, -0.2) is 0 Å². The van der Waals surface area contributed by atoms with E-state index in [1.165, 1.54) is 0 Å². The number of aryl methyl sites for hydroxylation is 1. The molecule has 0 radical (unpaired) electrons. The van der Waals surface area contributed by atoms with Gasteiger partial charge in [-0.15, -0.1) is 0 Å². The van der Waals surface area contributed by atoms with Gasteiger partial charge in [-0.05, 0) is 79.7 Å². The van der Waals surface area contributed by atoms with E-state index in [1.54, 1.807) is 12.3 Å². The monoisotopic (exact) mass is 507 g/mol. The lowest BCUT2D eigenvalue weighted by Gasteiger charge is -2.28. The molecule has 1 fully saturated rings. The van der Waals surface area contributed by atoms with Gasteiger partial charge in [-0.1, -0.05) is 35.3 Å². The highest BCUT2D eigenvalue weighted by Crippen LogP contribution is 2.42. The summed E-state index contributed by atoms with van der Waals surface area (Å²) in [5, 5.41) is 5.44. The molecule has 8 heteroatoms. The predicted molar refractivity (Wildman–Crippen MR) is 140 cm³/mol. The van der Waals surface area contributed by atoms with Gasteiger partial charge in [0.05, 0.1) is 28.5 Å². The van der Waals surface area contributed by atoms with Gasteiger partial charge in [0.2, 0.25) is 0 Å². The van der Waals surface area contributed by atoms with Crippen LogP contribution in [0.1, 0.15) is 40.3 Å². The third kappa shape index (κ3) is 4.17. The van der Waals surface area contributed by atoms with Gasteiger partial charge in [0.1, 0.15) is 0 Å². The molecule has 0 saturated carbocycles. The minimum atomic E-state index is -0.0972. The van der Waals surface area contributed by atoms with E-state index in [4.69, 9.17) is 35.4 Å². The van der Waals surface area contributed by atoms with Crippen LogP contribution in [0.5, 0.6) is 0 Å². The Hall–Kier alpha value is -2.93. The van der Waals surface area contributed by atoms with E-state index in [1.807, 2.05) is 48.8 Å². The molecule has 1 N–H and O–H groups in total. The van der Waals surface area contributed by atoms with Crippen molar-refractivity contribution in [2.45, 2.75) is 32.5 Å². The summed E-state index contributed by atoms with van der Waals surface area (Å²) in [5.74, 6) is 0. The van der Waals surface area contributed by atoms with Crippen LogP contribution < -0.4 is 5.32 Å². The third-order valence-corrected chi connectivity index (χ3v) is 7.10. The standard InChI is InChI=1S/C26H23Cl2N5S/c1-16-12-20(17(2)33(16)23-9-8-19(27)13-21(23)28)25-24(22-7-3-4-11-30-22)31-26(34)32(25)15-18-6-5-10-29-14-18/h3-14,24-25H,15H2,1-2H3,(H,31,34)/t24-,25+/m1/s1. The van der Waals surface area contributed by atoms with E-state index >= 15 is 0 Å². The fourth-order valence-corrected chi connectivity index (χ4v) is 5.52. The lowest BCUT2D eigenvalue weighted by atomic mass is 9.96. The quantitative estimate of drug-likeness (QED) is 0.318. The Morgan fingerprint density at radius 2 is 1.88 bits per heavy atom. The highest BCUT2D eigenvalue weighted by Gasteiger charge is 2.41. The zero-order chi connectivity index (χ0) is 23.8. The maximum atomic E-state index is 6.59. The lowest BCUT2D eigenvalue weighted by molar-refractivity contribution is 0.310.